The molecular weight excluding hydrogens is 376 g/mol. The van der Waals surface area contributed by atoms with Crippen LogP contribution in [0.4, 0.5) is 17.1 Å². The quantitative estimate of drug-likeness (QED) is 0.504. The molecule has 2 heterocycles. The van der Waals surface area contributed by atoms with Crippen molar-refractivity contribution >= 4 is 39.6 Å². The van der Waals surface area contributed by atoms with Crippen LogP contribution in [0.15, 0.2) is 55.2 Å². The Morgan fingerprint density at radius 2 is 2.14 bits per heavy atom. The van der Waals surface area contributed by atoms with Crippen molar-refractivity contribution in [3.8, 4) is 17.5 Å². The maximum absolute atomic E-state index is 9.53. The molecule has 0 saturated carbocycles. The molecule has 0 bridgehead atoms. The first-order valence-corrected chi connectivity index (χ1v) is 8.70. The van der Waals surface area contributed by atoms with Gasteiger partial charge in [0.25, 0.3) is 0 Å². The molecule has 0 saturated heterocycles. The van der Waals surface area contributed by atoms with E-state index in [9.17, 15) is 5.26 Å². The number of anilines is 3. The van der Waals surface area contributed by atoms with E-state index in [1.54, 1.807) is 31.8 Å². The molecule has 4 rings (SSSR count). The van der Waals surface area contributed by atoms with Gasteiger partial charge >= 0.3 is 0 Å². The van der Waals surface area contributed by atoms with Crippen LogP contribution in [-0.4, -0.2) is 21.6 Å². The molecule has 3 N–H and O–H groups in total. The number of hydrogen-bond donors (Lipinski definition) is 2. The van der Waals surface area contributed by atoms with Crippen LogP contribution in [0, 0.1) is 11.3 Å². The molecule has 0 aliphatic heterocycles. The summed E-state index contributed by atoms with van der Waals surface area (Å²) in [5.41, 5.74) is 9.66. The van der Waals surface area contributed by atoms with Crippen LogP contribution < -0.4 is 15.8 Å². The molecule has 28 heavy (non-hydrogen) atoms. The lowest BCUT2D eigenvalue weighted by molar-refractivity contribution is 0.417. The van der Waals surface area contributed by atoms with Gasteiger partial charge in [-0.15, -0.1) is 0 Å². The number of nitrogens with two attached hydrogens (primary N) is 1. The van der Waals surface area contributed by atoms with E-state index >= 15 is 0 Å². The number of hydrogen-bond acceptors (Lipinski definition) is 6. The molecule has 0 unspecified atom stereocenters. The van der Waals surface area contributed by atoms with Gasteiger partial charge in [-0.25, -0.2) is 4.98 Å². The summed E-state index contributed by atoms with van der Waals surface area (Å²) in [6.45, 7) is 0. The molecule has 0 atom stereocenters. The number of imidazole rings is 1. The minimum absolute atomic E-state index is 0.395. The minimum atomic E-state index is 0.395. The summed E-state index contributed by atoms with van der Waals surface area (Å²) in [5.74, 6) is 0.531. The smallest absolute Gasteiger partial charge is 0.144 e. The second-order valence-electron chi connectivity index (χ2n) is 6.00. The summed E-state index contributed by atoms with van der Waals surface area (Å²) in [6, 6.07) is 11.3. The van der Waals surface area contributed by atoms with Crippen molar-refractivity contribution in [1.29, 1.82) is 5.26 Å². The maximum atomic E-state index is 9.53. The standard InChI is InChI=1S/C20H15ClN6O/c1-28-17-5-3-14-19(12(9-22)10-25-20(14)18(17)23)26-13-2-4-16(15(21)8-13)27-7-6-24-11-27/h2-8,10-11H,23H2,1H3,(H,25,26). The monoisotopic (exact) mass is 390 g/mol. The molecule has 138 valence electrons. The van der Waals surface area contributed by atoms with Gasteiger partial charge in [0.2, 0.25) is 0 Å². The Labute approximate surface area is 166 Å². The Balaban J connectivity index is 1.80. The summed E-state index contributed by atoms with van der Waals surface area (Å²) in [7, 11) is 1.55. The zero-order valence-corrected chi connectivity index (χ0v) is 15.6. The molecule has 2 aromatic heterocycles. The Kier molecular flexibility index (Phi) is 4.47. The van der Waals surface area contributed by atoms with Gasteiger partial charge in [0, 0.05) is 29.7 Å². The van der Waals surface area contributed by atoms with Gasteiger partial charge in [-0.05, 0) is 30.3 Å². The summed E-state index contributed by atoms with van der Waals surface area (Å²) in [5, 5.41) is 14.1. The lowest BCUT2D eigenvalue weighted by Crippen LogP contribution is -2.01. The first-order valence-electron chi connectivity index (χ1n) is 8.32. The molecule has 7 nitrogen and oxygen atoms in total. The van der Waals surface area contributed by atoms with Gasteiger partial charge in [-0.3, -0.25) is 4.98 Å². The predicted molar refractivity (Wildman–Crippen MR) is 109 cm³/mol. The molecule has 0 spiro atoms. The molecule has 0 radical (unpaired) electrons. The third kappa shape index (κ3) is 2.96. The van der Waals surface area contributed by atoms with Crippen LogP contribution in [0.3, 0.4) is 0 Å². The summed E-state index contributed by atoms with van der Waals surface area (Å²) in [6.07, 6.45) is 6.66. The first-order chi connectivity index (χ1) is 13.6. The number of methoxy groups -OCH3 is 1. The Morgan fingerprint density at radius 1 is 1.29 bits per heavy atom. The lowest BCUT2D eigenvalue weighted by Gasteiger charge is -2.15. The summed E-state index contributed by atoms with van der Waals surface area (Å²) < 4.78 is 7.08. The number of aromatic nitrogens is 3. The number of rotatable bonds is 4. The zero-order chi connectivity index (χ0) is 19.7. The van der Waals surface area contributed by atoms with Gasteiger partial charge in [0.1, 0.15) is 17.5 Å². The Morgan fingerprint density at radius 3 is 2.82 bits per heavy atom. The van der Waals surface area contributed by atoms with Crippen molar-refractivity contribution < 1.29 is 4.74 Å². The highest BCUT2D eigenvalue weighted by Crippen LogP contribution is 2.36. The van der Waals surface area contributed by atoms with Gasteiger partial charge in [0.15, 0.2) is 0 Å². The lowest BCUT2D eigenvalue weighted by atomic mass is 10.1. The fourth-order valence-electron chi connectivity index (χ4n) is 3.01. The molecule has 8 heteroatoms. The third-order valence-electron chi connectivity index (χ3n) is 4.38. The summed E-state index contributed by atoms with van der Waals surface area (Å²) in [4.78, 5) is 8.36. The number of nitrogens with one attached hydrogen (secondary N) is 1. The predicted octanol–water partition coefficient (Wildman–Crippen LogP) is 4.28. The van der Waals surface area contributed by atoms with E-state index in [0.717, 1.165) is 11.4 Å². The SMILES string of the molecule is COc1ccc2c(Nc3ccc(-n4ccnc4)c(Cl)c3)c(C#N)cnc2c1N. The highest BCUT2D eigenvalue weighted by atomic mass is 35.5. The average molecular weight is 391 g/mol. The van der Waals surface area contributed by atoms with E-state index in [1.165, 1.54) is 6.20 Å². The third-order valence-corrected chi connectivity index (χ3v) is 4.68. The summed E-state index contributed by atoms with van der Waals surface area (Å²) >= 11 is 6.44. The van der Waals surface area contributed by atoms with Crippen molar-refractivity contribution in [2.75, 3.05) is 18.2 Å². The Hall–Kier alpha value is -3.76. The van der Waals surface area contributed by atoms with E-state index in [4.69, 9.17) is 22.1 Å². The molecule has 0 amide bonds. The highest BCUT2D eigenvalue weighted by Gasteiger charge is 2.14. The molecule has 0 aliphatic rings. The van der Waals surface area contributed by atoms with Crippen LogP contribution in [0.2, 0.25) is 5.02 Å². The van der Waals surface area contributed by atoms with Crippen molar-refractivity contribution in [1.82, 2.24) is 14.5 Å². The van der Waals surface area contributed by atoms with Crippen molar-refractivity contribution in [2.24, 2.45) is 0 Å². The fraction of sp³-hybridized carbons (Fsp3) is 0.0500. The van der Waals surface area contributed by atoms with Gasteiger partial charge < -0.3 is 20.4 Å². The van der Waals surface area contributed by atoms with Crippen molar-refractivity contribution in [3.05, 3.63) is 65.8 Å². The van der Waals surface area contributed by atoms with Crippen LogP contribution >= 0.6 is 11.6 Å². The zero-order valence-electron chi connectivity index (χ0n) is 14.8. The normalized spacial score (nSPS) is 10.6. The fourth-order valence-corrected chi connectivity index (χ4v) is 3.28. The number of nitriles is 1. The number of halogens is 1. The largest absolute Gasteiger partial charge is 0.495 e. The highest BCUT2D eigenvalue weighted by molar-refractivity contribution is 6.32. The van der Waals surface area contributed by atoms with E-state index in [0.29, 0.717) is 38.6 Å². The van der Waals surface area contributed by atoms with Crippen molar-refractivity contribution in [2.45, 2.75) is 0 Å². The number of nitrogen functional groups attached to an aromatic ring is 1. The number of nitrogens with zero attached hydrogens (tertiary/aromatic N) is 4. The maximum Gasteiger partial charge on any atom is 0.144 e. The van der Waals surface area contributed by atoms with Crippen molar-refractivity contribution in [3.63, 3.8) is 0 Å². The molecule has 0 aliphatic carbocycles. The number of fused-ring (bicyclic) bond motifs is 1. The molecule has 4 aromatic rings. The number of ether oxygens (including phenoxy) is 1. The van der Waals surface area contributed by atoms with Gasteiger partial charge in [-0.1, -0.05) is 11.6 Å². The molecule has 0 fully saturated rings. The van der Waals surface area contributed by atoms with Gasteiger partial charge in [0.05, 0.1) is 40.9 Å². The van der Waals surface area contributed by atoms with Gasteiger partial charge in [-0.2, -0.15) is 5.26 Å². The minimum Gasteiger partial charge on any atom is -0.495 e. The second kappa shape index (κ2) is 7.10. The Bertz CT molecular complexity index is 1210. The molecule has 2 aromatic carbocycles. The van der Waals surface area contributed by atoms with Crippen LogP contribution in [0.25, 0.3) is 16.6 Å². The van der Waals surface area contributed by atoms with E-state index in [-0.39, 0.29) is 0 Å². The van der Waals surface area contributed by atoms with Crippen LogP contribution in [-0.2, 0) is 0 Å². The van der Waals surface area contributed by atoms with E-state index < -0.39 is 0 Å². The van der Waals surface area contributed by atoms with E-state index in [2.05, 4.69) is 21.4 Å². The van der Waals surface area contributed by atoms with Crippen LogP contribution in [0.5, 0.6) is 5.75 Å². The van der Waals surface area contributed by atoms with E-state index in [1.807, 2.05) is 29.0 Å². The molecular formula is C20H15ClN6O. The topological polar surface area (TPSA) is 102 Å². The van der Waals surface area contributed by atoms with Crippen LogP contribution in [0.1, 0.15) is 5.56 Å². The number of pyridine rings is 1. The second-order valence-corrected chi connectivity index (χ2v) is 6.40. The first kappa shape index (κ1) is 17.6. The number of benzene rings is 2. The average Bonchev–Trinajstić information content (AvgIpc) is 3.23.